The van der Waals surface area contributed by atoms with Crippen LogP contribution in [0.3, 0.4) is 0 Å². The number of benzene rings is 1. The maximum absolute atomic E-state index is 12.7. The van der Waals surface area contributed by atoms with Crippen LogP contribution >= 0.6 is 0 Å². The largest absolute Gasteiger partial charge is 0.335 e. The first-order valence-corrected chi connectivity index (χ1v) is 11.1. The molecular weight excluding hydrogens is 350 g/mol. The lowest BCUT2D eigenvalue weighted by Crippen LogP contribution is -2.39. The number of nitrogens with zero attached hydrogens (tertiary/aromatic N) is 1. The summed E-state index contributed by atoms with van der Waals surface area (Å²) in [4.78, 5) is 12.4. The standard InChI is InChI=1S/C19H31N3O3S/c1-3-14-22(15-4-2)26(24,25)18-12-10-17(11-13-18)21-19(23)20-16-8-6-5-7-9-16/h10-13,16H,3-9,14-15H2,1-2H3,(H2,20,21,23). The lowest BCUT2D eigenvalue weighted by Gasteiger charge is -2.23. The van der Waals surface area contributed by atoms with Crippen LogP contribution in [0.1, 0.15) is 58.8 Å². The minimum atomic E-state index is -3.49. The number of urea groups is 1. The zero-order valence-electron chi connectivity index (χ0n) is 15.8. The van der Waals surface area contributed by atoms with E-state index in [-0.39, 0.29) is 17.0 Å². The maximum Gasteiger partial charge on any atom is 0.319 e. The zero-order chi connectivity index (χ0) is 19.0. The Kier molecular flexibility index (Phi) is 7.90. The SMILES string of the molecule is CCCN(CCC)S(=O)(=O)c1ccc(NC(=O)NC2CCCCC2)cc1. The molecule has 0 saturated heterocycles. The number of carbonyl (C=O) groups excluding carboxylic acids is 1. The van der Waals surface area contributed by atoms with Gasteiger partial charge in [0.2, 0.25) is 10.0 Å². The Morgan fingerprint density at radius 1 is 1.04 bits per heavy atom. The summed E-state index contributed by atoms with van der Waals surface area (Å²) in [7, 11) is -3.49. The molecule has 1 saturated carbocycles. The second-order valence-corrected chi connectivity index (χ2v) is 8.80. The molecule has 0 bridgehead atoms. The van der Waals surface area contributed by atoms with Crippen LogP contribution in [0.4, 0.5) is 10.5 Å². The molecule has 0 atom stereocenters. The van der Waals surface area contributed by atoms with Crippen molar-refractivity contribution in [2.75, 3.05) is 18.4 Å². The second kappa shape index (κ2) is 9.92. The molecule has 7 heteroatoms. The van der Waals surface area contributed by atoms with E-state index in [4.69, 9.17) is 0 Å². The molecule has 26 heavy (non-hydrogen) atoms. The van der Waals surface area contributed by atoms with E-state index >= 15 is 0 Å². The van der Waals surface area contributed by atoms with Gasteiger partial charge in [-0.3, -0.25) is 0 Å². The number of carbonyl (C=O) groups is 1. The van der Waals surface area contributed by atoms with E-state index in [1.165, 1.54) is 10.7 Å². The van der Waals surface area contributed by atoms with Gasteiger partial charge >= 0.3 is 6.03 Å². The summed E-state index contributed by atoms with van der Waals surface area (Å²) >= 11 is 0. The Labute approximate surface area is 157 Å². The quantitative estimate of drug-likeness (QED) is 0.715. The van der Waals surface area contributed by atoms with E-state index in [9.17, 15) is 13.2 Å². The van der Waals surface area contributed by atoms with Gasteiger partial charge in [-0.1, -0.05) is 33.1 Å². The third kappa shape index (κ3) is 5.71. The fourth-order valence-electron chi connectivity index (χ4n) is 3.31. The van der Waals surface area contributed by atoms with Gasteiger partial charge in [-0.05, 0) is 49.9 Å². The van der Waals surface area contributed by atoms with Crippen LogP contribution < -0.4 is 10.6 Å². The Morgan fingerprint density at radius 3 is 2.15 bits per heavy atom. The van der Waals surface area contributed by atoms with Crippen molar-refractivity contribution in [3.8, 4) is 0 Å². The first-order chi connectivity index (χ1) is 12.5. The van der Waals surface area contributed by atoms with Crippen molar-refractivity contribution in [3.05, 3.63) is 24.3 Å². The summed E-state index contributed by atoms with van der Waals surface area (Å²) in [5.41, 5.74) is 0.592. The zero-order valence-corrected chi connectivity index (χ0v) is 16.6. The van der Waals surface area contributed by atoms with Crippen molar-refractivity contribution in [3.63, 3.8) is 0 Å². The van der Waals surface area contributed by atoms with Crippen molar-refractivity contribution < 1.29 is 13.2 Å². The van der Waals surface area contributed by atoms with Gasteiger partial charge in [-0.2, -0.15) is 4.31 Å². The fraction of sp³-hybridized carbons (Fsp3) is 0.632. The first kappa shape index (κ1) is 20.7. The van der Waals surface area contributed by atoms with Gasteiger partial charge in [0.25, 0.3) is 0 Å². The van der Waals surface area contributed by atoms with E-state index in [0.717, 1.165) is 38.5 Å². The molecule has 2 amide bonds. The minimum absolute atomic E-state index is 0.230. The third-order valence-corrected chi connectivity index (χ3v) is 6.55. The highest BCUT2D eigenvalue weighted by Gasteiger charge is 2.23. The monoisotopic (exact) mass is 381 g/mol. The molecule has 0 aromatic heterocycles. The predicted molar refractivity (Wildman–Crippen MR) is 105 cm³/mol. The minimum Gasteiger partial charge on any atom is -0.335 e. The van der Waals surface area contributed by atoms with Gasteiger partial charge in [0.05, 0.1) is 4.90 Å². The Morgan fingerprint density at radius 2 is 1.62 bits per heavy atom. The summed E-state index contributed by atoms with van der Waals surface area (Å²) in [6, 6.07) is 6.41. The highest BCUT2D eigenvalue weighted by molar-refractivity contribution is 7.89. The van der Waals surface area contributed by atoms with Gasteiger partial charge in [0.15, 0.2) is 0 Å². The summed E-state index contributed by atoms with van der Waals surface area (Å²) in [6.45, 7) is 4.96. The predicted octanol–water partition coefficient (Wildman–Crippen LogP) is 3.95. The molecule has 1 aliphatic carbocycles. The molecule has 0 heterocycles. The summed E-state index contributed by atoms with van der Waals surface area (Å²) in [5.74, 6) is 0. The molecule has 0 unspecified atom stereocenters. The van der Waals surface area contributed by atoms with Crippen LogP contribution in [0.2, 0.25) is 0 Å². The molecule has 0 spiro atoms. The van der Waals surface area contributed by atoms with Gasteiger partial charge in [0.1, 0.15) is 0 Å². The molecular formula is C19H31N3O3S. The molecule has 2 N–H and O–H groups in total. The van der Waals surface area contributed by atoms with Crippen LogP contribution in [0.5, 0.6) is 0 Å². The normalized spacial score (nSPS) is 15.8. The lowest BCUT2D eigenvalue weighted by atomic mass is 9.96. The Bertz CT molecular complexity index is 662. The maximum atomic E-state index is 12.7. The molecule has 1 aromatic carbocycles. The molecule has 2 rings (SSSR count). The molecule has 1 fully saturated rings. The van der Waals surface area contributed by atoms with Crippen molar-refractivity contribution >= 4 is 21.7 Å². The number of hydrogen-bond donors (Lipinski definition) is 2. The van der Waals surface area contributed by atoms with Gasteiger partial charge < -0.3 is 10.6 Å². The van der Waals surface area contributed by atoms with Crippen LogP contribution in [0, 0.1) is 0 Å². The third-order valence-electron chi connectivity index (χ3n) is 4.64. The number of amides is 2. The summed E-state index contributed by atoms with van der Waals surface area (Å²) in [5, 5.41) is 5.78. The van der Waals surface area contributed by atoms with Crippen LogP contribution in [0.15, 0.2) is 29.2 Å². The number of anilines is 1. The van der Waals surface area contributed by atoms with Crippen LogP contribution in [0.25, 0.3) is 0 Å². The summed E-state index contributed by atoms with van der Waals surface area (Å²) in [6.07, 6.45) is 7.15. The van der Waals surface area contributed by atoms with E-state index < -0.39 is 10.0 Å². The highest BCUT2D eigenvalue weighted by atomic mass is 32.2. The fourth-order valence-corrected chi connectivity index (χ4v) is 4.93. The van der Waals surface area contributed by atoms with Gasteiger partial charge in [-0.25, -0.2) is 13.2 Å². The average molecular weight is 382 g/mol. The van der Waals surface area contributed by atoms with Crippen LogP contribution in [-0.2, 0) is 10.0 Å². The lowest BCUT2D eigenvalue weighted by molar-refractivity contribution is 0.244. The molecule has 1 aliphatic rings. The highest BCUT2D eigenvalue weighted by Crippen LogP contribution is 2.20. The van der Waals surface area contributed by atoms with E-state index in [2.05, 4.69) is 10.6 Å². The molecule has 1 aromatic rings. The Balaban J connectivity index is 1.99. The number of rotatable bonds is 8. The average Bonchev–Trinajstić information content (AvgIpc) is 2.62. The Hall–Kier alpha value is -1.60. The van der Waals surface area contributed by atoms with Crippen molar-refractivity contribution in [1.29, 1.82) is 0 Å². The van der Waals surface area contributed by atoms with E-state index in [1.54, 1.807) is 24.3 Å². The number of sulfonamides is 1. The first-order valence-electron chi connectivity index (χ1n) is 9.65. The molecule has 6 nitrogen and oxygen atoms in total. The van der Waals surface area contributed by atoms with Crippen molar-refractivity contribution in [1.82, 2.24) is 9.62 Å². The van der Waals surface area contributed by atoms with Gasteiger partial charge in [-0.15, -0.1) is 0 Å². The molecule has 146 valence electrons. The molecule has 0 radical (unpaired) electrons. The van der Waals surface area contributed by atoms with Crippen molar-refractivity contribution in [2.24, 2.45) is 0 Å². The molecule has 0 aliphatic heterocycles. The smallest absolute Gasteiger partial charge is 0.319 e. The van der Waals surface area contributed by atoms with Gasteiger partial charge in [0, 0.05) is 24.8 Å². The van der Waals surface area contributed by atoms with E-state index in [1.807, 2.05) is 13.8 Å². The second-order valence-electron chi connectivity index (χ2n) is 6.86. The number of nitrogens with one attached hydrogen (secondary N) is 2. The number of hydrogen-bond acceptors (Lipinski definition) is 3. The van der Waals surface area contributed by atoms with E-state index in [0.29, 0.717) is 18.8 Å². The van der Waals surface area contributed by atoms with Crippen molar-refractivity contribution in [2.45, 2.75) is 69.7 Å². The van der Waals surface area contributed by atoms with Crippen LogP contribution in [-0.4, -0.2) is 37.9 Å². The summed E-state index contributed by atoms with van der Waals surface area (Å²) < 4.78 is 27.0. The topological polar surface area (TPSA) is 78.5 Å².